The number of nitrogens with zero attached hydrogens (tertiary/aromatic N) is 4. The zero-order valence-electron chi connectivity index (χ0n) is 29.7. The van der Waals surface area contributed by atoms with Crippen molar-refractivity contribution in [3.63, 3.8) is 0 Å². The quantitative estimate of drug-likeness (QED) is 0.165. The lowest BCUT2D eigenvalue weighted by molar-refractivity contribution is 0.669. The predicted molar refractivity (Wildman–Crippen MR) is 223 cm³/mol. The van der Waals surface area contributed by atoms with Crippen LogP contribution in [-0.2, 0) is 0 Å². The SMILES string of the molecule is c1ccc(-c2nc(-c3cc(-c4cccnc4)cc(-c4ccc(-c5ccccc5)c(-c5ccccc5)c4)c3)nc(-c3ccc4c(c3)oc3ccccc34)n2)cc1. The van der Waals surface area contributed by atoms with E-state index in [2.05, 4.69) is 126 Å². The van der Waals surface area contributed by atoms with Crippen LogP contribution in [-0.4, -0.2) is 19.9 Å². The van der Waals surface area contributed by atoms with Gasteiger partial charge < -0.3 is 4.42 Å². The van der Waals surface area contributed by atoms with Crippen LogP contribution in [0.15, 0.2) is 199 Å². The molecule has 10 rings (SSSR count). The van der Waals surface area contributed by atoms with Crippen LogP contribution in [0.25, 0.3) is 101 Å². The molecule has 0 atom stereocenters. The van der Waals surface area contributed by atoms with E-state index in [9.17, 15) is 0 Å². The highest BCUT2D eigenvalue weighted by Crippen LogP contribution is 2.39. The van der Waals surface area contributed by atoms with Gasteiger partial charge in [0.05, 0.1) is 0 Å². The van der Waals surface area contributed by atoms with Crippen LogP contribution >= 0.6 is 0 Å². The number of aromatic nitrogens is 4. The van der Waals surface area contributed by atoms with Gasteiger partial charge in [-0.1, -0.05) is 133 Å². The van der Waals surface area contributed by atoms with Crippen molar-refractivity contribution in [1.82, 2.24) is 19.9 Å². The van der Waals surface area contributed by atoms with Gasteiger partial charge in [-0.15, -0.1) is 0 Å². The van der Waals surface area contributed by atoms with Gasteiger partial charge in [0.2, 0.25) is 0 Å². The summed E-state index contributed by atoms with van der Waals surface area (Å²) in [5.41, 5.74) is 13.1. The molecule has 3 heterocycles. The number of benzene rings is 7. The molecule has 0 aliphatic rings. The van der Waals surface area contributed by atoms with E-state index in [0.29, 0.717) is 17.5 Å². The van der Waals surface area contributed by atoms with Crippen LogP contribution < -0.4 is 0 Å². The molecule has 5 heteroatoms. The normalized spacial score (nSPS) is 11.3. The highest BCUT2D eigenvalue weighted by Gasteiger charge is 2.17. The molecule has 0 spiro atoms. The lowest BCUT2D eigenvalue weighted by Crippen LogP contribution is -2.00. The van der Waals surface area contributed by atoms with E-state index in [-0.39, 0.29) is 0 Å². The smallest absolute Gasteiger partial charge is 0.164 e. The summed E-state index contributed by atoms with van der Waals surface area (Å²) in [5.74, 6) is 1.74. The molecule has 0 aliphatic carbocycles. The lowest BCUT2D eigenvalue weighted by atomic mass is 9.90. The molecule has 10 aromatic rings. The summed E-state index contributed by atoms with van der Waals surface area (Å²) in [7, 11) is 0. The van der Waals surface area contributed by atoms with Crippen LogP contribution in [0.3, 0.4) is 0 Å². The van der Waals surface area contributed by atoms with Gasteiger partial charge in [0.25, 0.3) is 0 Å². The van der Waals surface area contributed by atoms with Crippen LogP contribution in [0.5, 0.6) is 0 Å². The Morgan fingerprint density at radius 3 is 1.56 bits per heavy atom. The Hall–Kier alpha value is -7.50. The van der Waals surface area contributed by atoms with E-state index in [4.69, 9.17) is 19.4 Å². The minimum atomic E-state index is 0.568. The van der Waals surface area contributed by atoms with Gasteiger partial charge in [-0.2, -0.15) is 0 Å². The summed E-state index contributed by atoms with van der Waals surface area (Å²) in [6, 6.07) is 62.8. The molecule has 3 aromatic heterocycles. The Bertz CT molecular complexity index is 2960. The third-order valence-corrected chi connectivity index (χ3v) is 10.0. The topological polar surface area (TPSA) is 64.7 Å². The van der Waals surface area contributed by atoms with Crippen molar-refractivity contribution in [2.75, 3.05) is 0 Å². The molecule has 0 fully saturated rings. The number of hydrogen-bond donors (Lipinski definition) is 0. The molecule has 0 saturated carbocycles. The summed E-state index contributed by atoms with van der Waals surface area (Å²) in [6.45, 7) is 0. The first-order valence-corrected chi connectivity index (χ1v) is 18.3. The van der Waals surface area contributed by atoms with Crippen molar-refractivity contribution < 1.29 is 4.42 Å². The van der Waals surface area contributed by atoms with Gasteiger partial charge in [-0.3, -0.25) is 4.98 Å². The summed E-state index contributed by atoms with van der Waals surface area (Å²) in [5, 5.41) is 2.14. The Morgan fingerprint density at radius 2 is 0.855 bits per heavy atom. The number of hydrogen-bond acceptors (Lipinski definition) is 5. The van der Waals surface area contributed by atoms with Crippen molar-refractivity contribution >= 4 is 21.9 Å². The fraction of sp³-hybridized carbons (Fsp3) is 0. The van der Waals surface area contributed by atoms with Crippen molar-refractivity contribution in [2.24, 2.45) is 0 Å². The van der Waals surface area contributed by atoms with E-state index in [1.165, 1.54) is 11.1 Å². The zero-order chi connectivity index (χ0) is 36.6. The van der Waals surface area contributed by atoms with Gasteiger partial charge in [0.1, 0.15) is 11.2 Å². The van der Waals surface area contributed by atoms with Crippen molar-refractivity contribution in [3.8, 4) is 78.7 Å². The van der Waals surface area contributed by atoms with Crippen LogP contribution in [0.4, 0.5) is 0 Å². The third-order valence-electron chi connectivity index (χ3n) is 10.0. The minimum absolute atomic E-state index is 0.568. The Labute approximate surface area is 318 Å². The first kappa shape index (κ1) is 32.2. The maximum Gasteiger partial charge on any atom is 0.164 e. The summed E-state index contributed by atoms with van der Waals surface area (Å²) in [4.78, 5) is 19.8. The predicted octanol–water partition coefficient (Wildman–Crippen LogP) is 12.8. The molecule has 0 N–H and O–H groups in total. The van der Waals surface area contributed by atoms with Crippen molar-refractivity contribution in [1.29, 1.82) is 0 Å². The highest BCUT2D eigenvalue weighted by atomic mass is 16.3. The van der Waals surface area contributed by atoms with Gasteiger partial charge in [0, 0.05) is 45.4 Å². The van der Waals surface area contributed by atoms with E-state index in [0.717, 1.165) is 72.0 Å². The first-order chi connectivity index (χ1) is 27.2. The fourth-order valence-corrected chi connectivity index (χ4v) is 7.29. The van der Waals surface area contributed by atoms with Crippen LogP contribution in [0, 0.1) is 0 Å². The van der Waals surface area contributed by atoms with Gasteiger partial charge in [0.15, 0.2) is 17.5 Å². The molecule has 258 valence electrons. The molecule has 55 heavy (non-hydrogen) atoms. The van der Waals surface area contributed by atoms with Crippen LogP contribution in [0.2, 0.25) is 0 Å². The number of furan rings is 1. The molecule has 0 bridgehead atoms. The summed E-state index contributed by atoms with van der Waals surface area (Å²) >= 11 is 0. The molecule has 0 aliphatic heterocycles. The van der Waals surface area contributed by atoms with Gasteiger partial charge in [-0.25, -0.2) is 15.0 Å². The molecule has 0 saturated heterocycles. The van der Waals surface area contributed by atoms with E-state index in [1.807, 2.05) is 66.9 Å². The monoisotopic (exact) mass is 704 g/mol. The molecular weight excluding hydrogens is 673 g/mol. The second-order valence-corrected chi connectivity index (χ2v) is 13.5. The molecule has 0 amide bonds. The van der Waals surface area contributed by atoms with Gasteiger partial charge >= 0.3 is 0 Å². The minimum Gasteiger partial charge on any atom is -0.456 e. The maximum absolute atomic E-state index is 6.27. The molecule has 7 aromatic carbocycles. The summed E-state index contributed by atoms with van der Waals surface area (Å²) < 4.78 is 6.27. The van der Waals surface area contributed by atoms with E-state index in [1.54, 1.807) is 6.20 Å². The number of pyridine rings is 1. The average molecular weight is 705 g/mol. The van der Waals surface area contributed by atoms with Crippen LogP contribution in [0.1, 0.15) is 0 Å². The van der Waals surface area contributed by atoms with E-state index < -0.39 is 0 Å². The highest BCUT2D eigenvalue weighted by molar-refractivity contribution is 6.05. The van der Waals surface area contributed by atoms with E-state index >= 15 is 0 Å². The molecule has 0 radical (unpaired) electrons. The molecule has 5 nitrogen and oxygen atoms in total. The van der Waals surface area contributed by atoms with Gasteiger partial charge in [-0.05, 0) is 87.5 Å². The average Bonchev–Trinajstić information content (AvgIpc) is 3.65. The number of para-hydroxylation sites is 1. The molecule has 0 unspecified atom stereocenters. The second-order valence-electron chi connectivity index (χ2n) is 13.5. The maximum atomic E-state index is 6.27. The molecular formula is C50H32N4O. The standard InChI is InChI=1S/C50H32N4O/c1-4-13-33(14-5-1)42-24-22-36(30-45(42)34-15-6-2-7-16-34)39-27-40(38-19-12-26-51-32-38)29-41(28-39)50-53-48(35-17-8-3-9-18-35)52-49(54-50)37-23-25-44-43-20-10-11-21-46(43)55-47(44)31-37/h1-32H. The summed E-state index contributed by atoms with van der Waals surface area (Å²) in [6.07, 6.45) is 3.69. The Morgan fingerprint density at radius 1 is 0.309 bits per heavy atom. The van der Waals surface area contributed by atoms with Crippen molar-refractivity contribution in [2.45, 2.75) is 0 Å². The second kappa shape index (κ2) is 13.8. The fourth-order valence-electron chi connectivity index (χ4n) is 7.29. The number of rotatable bonds is 7. The number of fused-ring (bicyclic) bond motifs is 3. The first-order valence-electron chi connectivity index (χ1n) is 18.3. The largest absolute Gasteiger partial charge is 0.456 e. The zero-order valence-corrected chi connectivity index (χ0v) is 29.7. The Kier molecular flexibility index (Phi) is 8.08. The van der Waals surface area contributed by atoms with Crippen molar-refractivity contribution in [3.05, 3.63) is 194 Å². The lowest BCUT2D eigenvalue weighted by Gasteiger charge is -2.15. The third kappa shape index (κ3) is 6.24. The Balaban J connectivity index is 1.17.